The number of halogens is 1. The Bertz CT molecular complexity index is 914. The molecule has 0 aromatic heterocycles. The molecule has 0 fully saturated rings. The highest BCUT2D eigenvalue weighted by molar-refractivity contribution is 7.80. The zero-order valence-electron chi connectivity index (χ0n) is 15.7. The van der Waals surface area contributed by atoms with Crippen molar-refractivity contribution < 1.29 is 9.47 Å². The molecule has 3 nitrogen and oxygen atoms in total. The highest BCUT2D eigenvalue weighted by Gasteiger charge is 2.10. The third-order valence-corrected chi connectivity index (χ3v) is 4.74. The summed E-state index contributed by atoms with van der Waals surface area (Å²) >= 11 is 11.5. The molecule has 0 heterocycles. The Balaban J connectivity index is 1.67. The van der Waals surface area contributed by atoms with Crippen molar-refractivity contribution in [1.82, 2.24) is 5.32 Å². The fourth-order valence-electron chi connectivity index (χ4n) is 2.66. The number of benzene rings is 3. The Labute approximate surface area is 176 Å². The first-order chi connectivity index (χ1) is 13.7. The summed E-state index contributed by atoms with van der Waals surface area (Å²) in [4.78, 5) is 0.675. The number of thiocarbonyl (C=S) groups is 1. The van der Waals surface area contributed by atoms with Gasteiger partial charge in [-0.1, -0.05) is 66.3 Å². The van der Waals surface area contributed by atoms with Crippen LogP contribution in [0.5, 0.6) is 11.5 Å². The summed E-state index contributed by atoms with van der Waals surface area (Å²) in [5.74, 6) is 1.37. The summed E-state index contributed by atoms with van der Waals surface area (Å²) in [5.41, 5.74) is 3.11. The molecule has 0 unspecified atom stereocenters. The summed E-state index contributed by atoms with van der Waals surface area (Å²) in [6.45, 7) is 3.61. The minimum Gasteiger partial charge on any atom is -0.490 e. The van der Waals surface area contributed by atoms with Crippen molar-refractivity contribution in [1.29, 1.82) is 0 Å². The van der Waals surface area contributed by atoms with Gasteiger partial charge < -0.3 is 14.8 Å². The largest absolute Gasteiger partial charge is 0.490 e. The van der Waals surface area contributed by atoms with Crippen LogP contribution in [0.4, 0.5) is 0 Å². The van der Waals surface area contributed by atoms with E-state index in [0.29, 0.717) is 41.3 Å². The maximum absolute atomic E-state index is 5.95. The van der Waals surface area contributed by atoms with Crippen molar-refractivity contribution in [2.24, 2.45) is 0 Å². The lowest BCUT2D eigenvalue weighted by Gasteiger charge is -2.15. The van der Waals surface area contributed by atoms with E-state index in [0.717, 1.165) is 11.1 Å². The minimum atomic E-state index is 0.438. The minimum absolute atomic E-state index is 0.438. The standard InChI is InChI=1S/C23H22ClNO2S/c1-2-26-22-14-19(23(28)25-15-17-6-4-3-5-7-17)10-13-21(22)27-16-18-8-11-20(24)12-9-18/h3-14H,2,15-16H2,1H3,(H,25,28). The van der Waals surface area contributed by atoms with E-state index in [-0.39, 0.29) is 0 Å². The molecule has 0 saturated heterocycles. The van der Waals surface area contributed by atoms with Gasteiger partial charge in [-0.2, -0.15) is 0 Å². The van der Waals surface area contributed by atoms with Crippen molar-refractivity contribution in [3.63, 3.8) is 0 Å². The number of rotatable bonds is 8. The second-order valence-electron chi connectivity index (χ2n) is 6.18. The first-order valence-electron chi connectivity index (χ1n) is 9.12. The molecule has 28 heavy (non-hydrogen) atoms. The van der Waals surface area contributed by atoms with Crippen molar-refractivity contribution in [2.45, 2.75) is 20.1 Å². The monoisotopic (exact) mass is 411 g/mol. The molecule has 0 saturated carbocycles. The van der Waals surface area contributed by atoms with E-state index in [9.17, 15) is 0 Å². The van der Waals surface area contributed by atoms with Gasteiger partial charge in [-0.3, -0.25) is 0 Å². The van der Waals surface area contributed by atoms with Gasteiger partial charge in [-0.25, -0.2) is 0 Å². The van der Waals surface area contributed by atoms with Gasteiger partial charge in [0, 0.05) is 17.1 Å². The molecular formula is C23H22ClNO2S. The summed E-state index contributed by atoms with van der Waals surface area (Å²) in [5, 5.41) is 4.00. The summed E-state index contributed by atoms with van der Waals surface area (Å²) < 4.78 is 11.7. The van der Waals surface area contributed by atoms with Crippen molar-refractivity contribution >= 4 is 28.8 Å². The molecule has 0 radical (unpaired) electrons. The van der Waals surface area contributed by atoms with E-state index in [4.69, 9.17) is 33.3 Å². The van der Waals surface area contributed by atoms with Crippen LogP contribution >= 0.6 is 23.8 Å². The van der Waals surface area contributed by atoms with Crippen molar-refractivity contribution in [3.8, 4) is 11.5 Å². The molecular weight excluding hydrogens is 390 g/mol. The highest BCUT2D eigenvalue weighted by atomic mass is 35.5. The molecule has 0 bridgehead atoms. The average molecular weight is 412 g/mol. The molecule has 3 aromatic carbocycles. The third-order valence-electron chi connectivity index (χ3n) is 4.11. The first kappa shape index (κ1) is 20.2. The van der Waals surface area contributed by atoms with Crippen LogP contribution in [-0.2, 0) is 13.2 Å². The number of hydrogen-bond donors (Lipinski definition) is 1. The van der Waals surface area contributed by atoms with Crippen LogP contribution in [0.15, 0.2) is 72.8 Å². The van der Waals surface area contributed by atoms with Gasteiger partial charge in [0.05, 0.1) is 6.61 Å². The van der Waals surface area contributed by atoms with Crippen molar-refractivity contribution in [3.05, 3.63) is 94.5 Å². The lowest BCUT2D eigenvalue weighted by molar-refractivity contribution is 0.269. The predicted octanol–water partition coefficient (Wildman–Crippen LogP) is 5.78. The number of hydrogen-bond acceptors (Lipinski definition) is 3. The van der Waals surface area contributed by atoms with E-state index in [1.165, 1.54) is 5.56 Å². The van der Waals surface area contributed by atoms with Crippen LogP contribution in [0.1, 0.15) is 23.6 Å². The molecule has 0 amide bonds. The Morgan fingerprint density at radius 1 is 0.893 bits per heavy atom. The average Bonchev–Trinajstić information content (AvgIpc) is 2.73. The molecule has 5 heteroatoms. The lowest BCUT2D eigenvalue weighted by atomic mass is 10.1. The number of ether oxygens (including phenoxy) is 2. The molecule has 0 aliphatic rings. The van der Waals surface area contributed by atoms with Crippen LogP contribution in [0.2, 0.25) is 5.02 Å². The molecule has 3 rings (SSSR count). The zero-order valence-corrected chi connectivity index (χ0v) is 17.2. The summed E-state index contributed by atoms with van der Waals surface area (Å²) in [6, 6.07) is 23.5. The first-order valence-corrected chi connectivity index (χ1v) is 9.90. The van der Waals surface area contributed by atoms with Gasteiger partial charge in [0.2, 0.25) is 0 Å². The van der Waals surface area contributed by atoms with Gasteiger partial charge >= 0.3 is 0 Å². The third kappa shape index (κ3) is 5.72. The van der Waals surface area contributed by atoms with E-state index >= 15 is 0 Å². The maximum Gasteiger partial charge on any atom is 0.161 e. The zero-order chi connectivity index (χ0) is 19.8. The van der Waals surface area contributed by atoms with Gasteiger partial charge in [0.15, 0.2) is 11.5 Å². The Kier molecular flexibility index (Phi) is 7.29. The fraction of sp³-hybridized carbons (Fsp3) is 0.174. The lowest BCUT2D eigenvalue weighted by Crippen LogP contribution is -2.21. The smallest absolute Gasteiger partial charge is 0.161 e. The van der Waals surface area contributed by atoms with Gasteiger partial charge in [0.25, 0.3) is 0 Å². The quantitative estimate of drug-likeness (QED) is 0.476. The van der Waals surface area contributed by atoms with Gasteiger partial charge in [-0.05, 0) is 48.4 Å². The fourth-order valence-corrected chi connectivity index (χ4v) is 2.98. The van der Waals surface area contributed by atoms with Crippen LogP contribution in [0.3, 0.4) is 0 Å². The SMILES string of the molecule is CCOc1cc(C(=S)NCc2ccccc2)ccc1OCc1ccc(Cl)cc1. The second-order valence-corrected chi connectivity index (χ2v) is 7.02. The summed E-state index contributed by atoms with van der Waals surface area (Å²) in [7, 11) is 0. The van der Waals surface area contributed by atoms with Gasteiger partial charge in [0.1, 0.15) is 11.6 Å². The Morgan fingerprint density at radius 3 is 2.36 bits per heavy atom. The summed E-state index contributed by atoms with van der Waals surface area (Å²) in [6.07, 6.45) is 0. The maximum atomic E-state index is 5.95. The second kappa shape index (κ2) is 10.1. The Morgan fingerprint density at radius 2 is 1.64 bits per heavy atom. The van der Waals surface area contributed by atoms with E-state index in [1.807, 2.05) is 67.6 Å². The molecule has 144 valence electrons. The van der Waals surface area contributed by atoms with Crippen LogP contribution < -0.4 is 14.8 Å². The molecule has 1 N–H and O–H groups in total. The van der Waals surface area contributed by atoms with Crippen LogP contribution in [0.25, 0.3) is 0 Å². The van der Waals surface area contributed by atoms with Crippen LogP contribution in [0, 0.1) is 0 Å². The van der Waals surface area contributed by atoms with E-state index in [1.54, 1.807) is 0 Å². The van der Waals surface area contributed by atoms with Crippen molar-refractivity contribution in [2.75, 3.05) is 6.61 Å². The van der Waals surface area contributed by atoms with E-state index in [2.05, 4.69) is 17.4 Å². The topological polar surface area (TPSA) is 30.5 Å². The molecule has 0 atom stereocenters. The number of nitrogens with one attached hydrogen (secondary N) is 1. The molecule has 0 spiro atoms. The Hall–Kier alpha value is -2.56. The normalized spacial score (nSPS) is 10.4. The predicted molar refractivity (Wildman–Crippen MR) is 118 cm³/mol. The van der Waals surface area contributed by atoms with Gasteiger partial charge in [-0.15, -0.1) is 0 Å². The highest BCUT2D eigenvalue weighted by Crippen LogP contribution is 2.29. The molecule has 0 aliphatic heterocycles. The molecule has 3 aromatic rings. The van der Waals surface area contributed by atoms with Crippen LogP contribution in [-0.4, -0.2) is 11.6 Å². The molecule has 0 aliphatic carbocycles. The van der Waals surface area contributed by atoms with E-state index < -0.39 is 0 Å².